The number of urea groups is 1. The molecule has 0 saturated carbocycles. The lowest BCUT2D eigenvalue weighted by Gasteiger charge is -2.42. The summed E-state index contributed by atoms with van der Waals surface area (Å²) in [5.41, 5.74) is 6.01. The summed E-state index contributed by atoms with van der Waals surface area (Å²) in [4.78, 5) is 59.5. The van der Waals surface area contributed by atoms with Crippen LogP contribution < -0.4 is 11.1 Å². The average Bonchev–Trinajstić information content (AvgIpc) is 3.14. The molecule has 0 radical (unpaired) electrons. The van der Waals surface area contributed by atoms with E-state index in [1.54, 1.807) is 21.6 Å². The Morgan fingerprint density at radius 1 is 0.943 bits per heavy atom. The van der Waals surface area contributed by atoms with Crippen molar-refractivity contribution in [3.63, 3.8) is 0 Å². The molecule has 288 valence electrons. The van der Waals surface area contributed by atoms with Crippen molar-refractivity contribution in [1.29, 1.82) is 0 Å². The molecule has 2 aromatic carbocycles. The molecular formula is C38H48ClF3N6O5. The van der Waals surface area contributed by atoms with Crippen molar-refractivity contribution in [2.45, 2.75) is 83.1 Å². The molecule has 6 rings (SSSR count). The van der Waals surface area contributed by atoms with Crippen molar-refractivity contribution < 1.29 is 37.5 Å². The van der Waals surface area contributed by atoms with Crippen molar-refractivity contribution in [2.75, 3.05) is 50.3 Å². The van der Waals surface area contributed by atoms with Gasteiger partial charge < -0.3 is 30.9 Å². The van der Waals surface area contributed by atoms with Crippen LogP contribution in [0.4, 0.5) is 29.3 Å². The first-order valence-electron chi connectivity index (χ1n) is 18.5. The number of carboxylic acids is 1. The fraction of sp³-hybridized carbons (Fsp3) is 0.579. The molecule has 11 nitrogen and oxygen atoms in total. The van der Waals surface area contributed by atoms with Crippen molar-refractivity contribution in [3.05, 3.63) is 58.1 Å². The number of anilines is 2. The highest BCUT2D eigenvalue weighted by Gasteiger charge is 2.39. The van der Waals surface area contributed by atoms with Gasteiger partial charge in [-0.1, -0.05) is 29.8 Å². The predicted octanol–water partition coefficient (Wildman–Crippen LogP) is 5.95. The second-order valence-corrected chi connectivity index (χ2v) is 15.4. The second-order valence-electron chi connectivity index (χ2n) is 15.0. The molecule has 4 aliphatic heterocycles. The summed E-state index contributed by atoms with van der Waals surface area (Å²) in [7, 11) is 0. The molecule has 3 saturated heterocycles. The van der Waals surface area contributed by atoms with Gasteiger partial charge >= 0.3 is 18.2 Å². The lowest BCUT2D eigenvalue weighted by Crippen LogP contribution is -2.51. The van der Waals surface area contributed by atoms with E-state index >= 15 is 0 Å². The zero-order valence-electron chi connectivity index (χ0n) is 29.9. The topological polar surface area (TPSA) is 140 Å². The molecular weight excluding hydrogens is 713 g/mol. The SMILES string of the molecule is CC(C(=O)O)N1CCC(C2CCN(C(=O)C(CC(=O)N3CCC(N4Cc5ccccc5NC4=O)CC3)Cc3cc(Cl)c(N)c(C(F)(F)F)c3)CC2)CC1. The van der Waals surface area contributed by atoms with E-state index in [1.165, 1.54) is 6.07 Å². The van der Waals surface area contributed by atoms with E-state index in [4.69, 9.17) is 17.3 Å². The van der Waals surface area contributed by atoms with Crippen LogP contribution in [0.25, 0.3) is 0 Å². The minimum atomic E-state index is -4.75. The number of para-hydroxylation sites is 1. The van der Waals surface area contributed by atoms with Crippen molar-refractivity contribution in [2.24, 2.45) is 17.8 Å². The third-order valence-electron chi connectivity index (χ3n) is 11.9. The fourth-order valence-electron chi connectivity index (χ4n) is 8.63. The largest absolute Gasteiger partial charge is 0.480 e. The Morgan fingerprint density at radius 3 is 2.17 bits per heavy atom. The number of nitrogens with one attached hydrogen (secondary N) is 1. The van der Waals surface area contributed by atoms with Crippen LogP contribution in [0.1, 0.15) is 68.6 Å². The van der Waals surface area contributed by atoms with Crippen LogP contribution in [-0.4, -0.2) is 99.9 Å². The molecule has 2 unspecified atom stereocenters. The van der Waals surface area contributed by atoms with Gasteiger partial charge in [0, 0.05) is 50.9 Å². The van der Waals surface area contributed by atoms with Gasteiger partial charge in [-0.2, -0.15) is 13.2 Å². The predicted molar refractivity (Wildman–Crippen MR) is 194 cm³/mol. The maximum Gasteiger partial charge on any atom is 0.418 e. The molecule has 0 aromatic heterocycles. The van der Waals surface area contributed by atoms with Gasteiger partial charge in [-0.25, -0.2) is 4.79 Å². The molecule has 0 aliphatic carbocycles. The van der Waals surface area contributed by atoms with Crippen LogP contribution in [0.15, 0.2) is 36.4 Å². The Labute approximate surface area is 312 Å². The number of benzene rings is 2. The molecule has 2 atom stereocenters. The summed E-state index contributed by atoms with van der Waals surface area (Å²) in [5, 5.41) is 12.1. The summed E-state index contributed by atoms with van der Waals surface area (Å²) in [6, 6.07) is 9.11. The van der Waals surface area contributed by atoms with Gasteiger partial charge in [0.05, 0.1) is 22.2 Å². The van der Waals surface area contributed by atoms with E-state index in [-0.39, 0.29) is 47.3 Å². The van der Waals surface area contributed by atoms with Crippen LogP contribution in [0.2, 0.25) is 5.02 Å². The van der Waals surface area contributed by atoms with Crippen LogP contribution in [-0.2, 0) is 33.5 Å². The van der Waals surface area contributed by atoms with Crippen LogP contribution in [0.5, 0.6) is 0 Å². The number of aliphatic carboxylic acids is 1. The van der Waals surface area contributed by atoms with Crippen LogP contribution in [0.3, 0.4) is 0 Å². The number of nitrogen functional groups attached to an aromatic ring is 1. The molecule has 0 bridgehead atoms. The lowest BCUT2D eigenvalue weighted by molar-refractivity contribution is -0.143. The maximum atomic E-state index is 14.2. The molecule has 4 N–H and O–H groups in total. The van der Waals surface area contributed by atoms with Crippen LogP contribution >= 0.6 is 11.6 Å². The summed E-state index contributed by atoms with van der Waals surface area (Å²) in [6.45, 7) is 5.32. The Bertz CT molecular complexity index is 1690. The number of rotatable bonds is 9. The molecule has 0 spiro atoms. The zero-order valence-corrected chi connectivity index (χ0v) is 30.7. The van der Waals surface area contributed by atoms with E-state index in [0.29, 0.717) is 70.5 Å². The van der Waals surface area contributed by atoms with E-state index in [9.17, 15) is 37.5 Å². The summed E-state index contributed by atoms with van der Waals surface area (Å²) >= 11 is 6.15. The number of piperidine rings is 3. The highest BCUT2D eigenvalue weighted by atomic mass is 35.5. The minimum absolute atomic E-state index is 0.0725. The monoisotopic (exact) mass is 760 g/mol. The number of fused-ring (bicyclic) bond motifs is 1. The smallest absolute Gasteiger partial charge is 0.418 e. The number of carbonyl (C=O) groups excluding carboxylic acids is 3. The number of hydrogen-bond acceptors (Lipinski definition) is 6. The first-order valence-corrected chi connectivity index (χ1v) is 18.9. The summed E-state index contributed by atoms with van der Waals surface area (Å²) < 4.78 is 41.6. The van der Waals surface area contributed by atoms with Gasteiger partial charge in [0.1, 0.15) is 6.04 Å². The van der Waals surface area contributed by atoms with Gasteiger partial charge in [0.25, 0.3) is 0 Å². The minimum Gasteiger partial charge on any atom is -0.480 e. The van der Waals surface area contributed by atoms with Gasteiger partial charge in [-0.05, 0) is 106 Å². The standard InChI is InChI=1S/C38H48ClF3N6O5/c1-23(36(51)52)45-12-6-25(7-13-45)26-8-14-47(15-9-26)35(50)28(18-24-19-30(38(40,41)42)34(43)31(39)20-24)21-33(49)46-16-10-29(11-17-46)48-22-27-4-2-3-5-32(27)44-37(48)53/h2-5,19-20,23,25-26,28-29H,6-18,21-22,43H2,1H3,(H,44,53)(H,51,52). The van der Waals surface area contributed by atoms with Crippen molar-refractivity contribution in [3.8, 4) is 0 Å². The fourth-order valence-corrected chi connectivity index (χ4v) is 8.87. The first kappa shape index (κ1) is 38.7. The third-order valence-corrected chi connectivity index (χ3v) is 12.2. The summed E-state index contributed by atoms with van der Waals surface area (Å²) in [5.74, 6) is -1.48. The lowest BCUT2D eigenvalue weighted by atomic mass is 9.78. The Hall–Kier alpha value is -4.04. The van der Waals surface area contributed by atoms with Crippen LogP contribution in [0, 0.1) is 17.8 Å². The van der Waals surface area contributed by atoms with E-state index in [1.807, 2.05) is 29.2 Å². The molecule has 4 aliphatic rings. The van der Waals surface area contributed by atoms with Gasteiger partial charge in [-0.3, -0.25) is 19.3 Å². The average molecular weight is 761 g/mol. The number of likely N-dealkylation sites (tertiary alicyclic amines) is 3. The van der Waals surface area contributed by atoms with Crippen molar-refractivity contribution >= 4 is 46.8 Å². The normalized spacial score (nSPS) is 20.8. The van der Waals surface area contributed by atoms with Gasteiger partial charge in [0.2, 0.25) is 11.8 Å². The molecule has 53 heavy (non-hydrogen) atoms. The van der Waals surface area contributed by atoms with Gasteiger partial charge in [0.15, 0.2) is 0 Å². The number of nitrogens with two attached hydrogens (primary N) is 1. The van der Waals surface area contributed by atoms with Crippen molar-refractivity contribution in [1.82, 2.24) is 19.6 Å². The number of halogens is 4. The van der Waals surface area contributed by atoms with E-state index in [0.717, 1.165) is 43.0 Å². The Kier molecular flexibility index (Phi) is 11.8. The summed E-state index contributed by atoms with van der Waals surface area (Å²) in [6.07, 6.45) is -0.617. The van der Waals surface area contributed by atoms with E-state index in [2.05, 4.69) is 5.32 Å². The molecule has 4 heterocycles. The third kappa shape index (κ3) is 8.86. The number of alkyl halides is 3. The quantitative estimate of drug-likeness (QED) is 0.269. The molecule has 4 amide bonds. The highest BCUT2D eigenvalue weighted by Crippen LogP contribution is 2.39. The Morgan fingerprint density at radius 2 is 1.55 bits per heavy atom. The first-order chi connectivity index (χ1) is 25.2. The molecule has 2 aromatic rings. The van der Waals surface area contributed by atoms with Gasteiger partial charge in [-0.15, -0.1) is 0 Å². The molecule has 3 fully saturated rings. The second kappa shape index (κ2) is 16.1. The Balaban J connectivity index is 1.11. The number of hydrogen-bond donors (Lipinski definition) is 3. The number of nitrogens with zero attached hydrogens (tertiary/aromatic N) is 4. The number of carboxylic acid groups (broad SMARTS) is 1. The number of carbonyl (C=O) groups is 4. The van der Waals surface area contributed by atoms with E-state index < -0.39 is 35.4 Å². The maximum absolute atomic E-state index is 14.2. The highest BCUT2D eigenvalue weighted by molar-refractivity contribution is 6.33. The zero-order chi connectivity index (χ0) is 38.0. The molecule has 15 heteroatoms. The number of amides is 4.